The van der Waals surface area contributed by atoms with Crippen molar-refractivity contribution in [2.24, 2.45) is 5.73 Å². The maximum absolute atomic E-state index is 5.89. The summed E-state index contributed by atoms with van der Waals surface area (Å²) < 4.78 is 1.96. The number of nitrogens with two attached hydrogens (primary N) is 1. The molecule has 1 aromatic heterocycles. The van der Waals surface area contributed by atoms with E-state index in [1.165, 1.54) is 24.8 Å². The van der Waals surface area contributed by atoms with Crippen molar-refractivity contribution in [3.63, 3.8) is 0 Å². The van der Waals surface area contributed by atoms with E-state index in [9.17, 15) is 0 Å². The minimum absolute atomic E-state index is 0.325. The fraction of sp³-hybridized carbons (Fsp3) is 0.750. The standard InChI is InChI=1S/C12H22N4/c1-3-16-9-10(8-14-16)12(7-13)15(2)11-5-4-6-11/h8-9,11-12H,3-7,13H2,1-2H3. The number of nitrogens with zero attached hydrogens (tertiary/aromatic N) is 3. The van der Waals surface area contributed by atoms with Gasteiger partial charge in [0.05, 0.1) is 12.2 Å². The molecular weight excluding hydrogens is 200 g/mol. The van der Waals surface area contributed by atoms with Crippen LogP contribution in [0.2, 0.25) is 0 Å². The molecule has 2 rings (SSSR count). The molecule has 1 aliphatic rings. The van der Waals surface area contributed by atoms with Gasteiger partial charge in [0.1, 0.15) is 0 Å². The Bertz CT molecular complexity index is 330. The number of likely N-dealkylation sites (N-methyl/N-ethyl adjacent to an activating group) is 1. The van der Waals surface area contributed by atoms with Gasteiger partial charge in [-0.3, -0.25) is 9.58 Å². The van der Waals surface area contributed by atoms with Crippen LogP contribution >= 0.6 is 0 Å². The Kier molecular flexibility index (Phi) is 3.61. The van der Waals surface area contributed by atoms with Gasteiger partial charge in [0.15, 0.2) is 0 Å². The number of aromatic nitrogens is 2. The molecule has 1 fully saturated rings. The van der Waals surface area contributed by atoms with E-state index in [0.29, 0.717) is 12.6 Å². The maximum atomic E-state index is 5.89. The lowest BCUT2D eigenvalue weighted by Crippen LogP contribution is -2.42. The molecule has 4 nitrogen and oxygen atoms in total. The van der Waals surface area contributed by atoms with Gasteiger partial charge < -0.3 is 5.73 Å². The van der Waals surface area contributed by atoms with Gasteiger partial charge in [-0.2, -0.15) is 5.10 Å². The average molecular weight is 222 g/mol. The molecule has 0 bridgehead atoms. The molecule has 1 heterocycles. The zero-order chi connectivity index (χ0) is 11.5. The molecule has 1 saturated carbocycles. The van der Waals surface area contributed by atoms with Crippen LogP contribution in [0.3, 0.4) is 0 Å². The van der Waals surface area contributed by atoms with Crippen LogP contribution in [0.15, 0.2) is 12.4 Å². The molecule has 0 radical (unpaired) electrons. The van der Waals surface area contributed by atoms with Crippen molar-refractivity contribution in [3.8, 4) is 0 Å². The SMILES string of the molecule is CCn1cc(C(CN)N(C)C2CCC2)cn1. The van der Waals surface area contributed by atoms with Crippen molar-refractivity contribution in [1.82, 2.24) is 14.7 Å². The second-order valence-corrected chi connectivity index (χ2v) is 4.63. The van der Waals surface area contributed by atoms with Crippen LogP contribution in [0, 0.1) is 0 Å². The van der Waals surface area contributed by atoms with E-state index in [2.05, 4.69) is 30.2 Å². The molecule has 90 valence electrons. The Hall–Kier alpha value is -0.870. The van der Waals surface area contributed by atoms with Crippen LogP contribution in [0.4, 0.5) is 0 Å². The highest BCUT2D eigenvalue weighted by Gasteiger charge is 2.28. The van der Waals surface area contributed by atoms with Gasteiger partial charge in [-0.05, 0) is 26.8 Å². The van der Waals surface area contributed by atoms with E-state index in [0.717, 1.165) is 12.6 Å². The summed E-state index contributed by atoms with van der Waals surface area (Å²) in [6.07, 6.45) is 8.06. The first-order chi connectivity index (χ1) is 7.76. The zero-order valence-corrected chi connectivity index (χ0v) is 10.3. The molecule has 0 saturated heterocycles. The first kappa shape index (κ1) is 11.6. The average Bonchev–Trinajstić information content (AvgIpc) is 2.65. The summed E-state index contributed by atoms with van der Waals surface area (Å²) in [6, 6.07) is 1.05. The van der Waals surface area contributed by atoms with Crippen molar-refractivity contribution < 1.29 is 0 Å². The van der Waals surface area contributed by atoms with Crippen LogP contribution in [0.25, 0.3) is 0 Å². The van der Waals surface area contributed by atoms with Gasteiger partial charge in [0, 0.05) is 30.9 Å². The third kappa shape index (κ3) is 2.13. The molecule has 1 atom stereocenters. The fourth-order valence-electron chi connectivity index (χ4n) is 2.31. The van der Waals surface area contributed by atoms with E-state index in [4.69, 9.17) is 5.73 Å². The third-order valence-corrected chi connectivity index (χ3v) is 3.73. The van der Waals surface area contributed by atoms with Crippen molar-refractivity contribution in [2.75, 3.05) is 13.6 Å². The van der Waals surface area contributed by atoms with Crippen molar-refractivity contribution >= 4 is 0 Å². The van der Waals surface area contributed by atoms with Crippen LogP contribution in [-0.2, 0) is 6.54 Å². The molecule has 1 aromatic rings. The molecule has 0 amide bonds. The Morgan fingerprint density at radius 1 is 1.62 bits per heavy atom. The third-order valence-electron chi connectivity index (χ3n) is 3.73. The van der Waals surface area contributed by atoms with E-state index in [1.54, 1.807) is 0 Å². The van der Waals surface area contributed by atoms with Crippen LogP contribution in [-0.4, -0.2) is 34.3 Å². The van der Waals surface area contributed by atoms with Crippen LogP contribution in [0.1, 0.15) is 37.8 Å². The minimum Gasteiger partial charge on any atom is -0.329 e. The molecule has 2 N–H and O–H groups in total. The maximum Gasteiger partial charge on any atom is 0.0538 e. The zero-order valence-electron chi connectivity index (χ0n) is 10.3. The van der Waals surface area contributed by atoms with Crippen molar-refractivity contribution in [3.05, 3.63) is 18.0 Å². The summed E-state index contributed by atoms with van der Waals surface area (Å²) >= 11 is 0. The predicted octanol–water partition coefficient (Wildman–Crippen LogP) is 1.39. The summed E-state index contributed by atoms with van der Waals surface area (Å²) in [6.45, 7) is 3.69. The Labute approximate surface area is 97.4 Å². The normalized spacial score (nSPS) is 18.8. The summed E-state index contributed by atoms with van der Waals surface area (Å²) in [7, 11) is 2.19. The Morgan fingerprint density at radius 3 is 2.81 bits per heavy atom. The second-order valence-electron chi connectivity index (χ2n) is 4.63. The van der Waals surface area contributed by atoms with E-state index in [1.807, 2.05) is 10.9 Å². The summed E-state index contributed by atoms with van der Waals surface area (Å²) in [4.78, 5) is 2.42. The smallest absolute Gasteiger partial charge is 0.0538 e. The monoisotopic (exact) mass is 222 g/mol. The summed E-state index contributed by atoms with van der Waals surface area (Å²) in [5.41, 5.74) is 7.14. The molecule has 0 aliphatic heterocycles. The Balaban J connectivity index is 2.08. The quantitative estimate of drug-likeness (QED) is 0.819. The molecular formula is C12H22N4. The molecule has 16 heavy (non-hydrogen) atoms. The summed E-state index contributed by atoms with van der Waals surface area (Å²) in [5, 5.41) is 4.32. The Morgan fingerprint density at radius 2 is 2.38 bits per heavy atom. The number of hydrogen-bond acceptors (Lipinski definition) is 3. The number of rotatable bonds is 5. The lowest BCUT2D eigenvalue weighted by molar-refractivity contribution is 0.113. The highest BCUT2D eigenvalue weighted by molar-refractivity contribution is 5.12. The molecule has 0 aromatic carbocycles. The van der Waals surface area contributed by atoms with Crippen LogP contribution < -0.4 is 5.73 Å². The first-order valence-corrected chi connectivity index (χ1v) is 6.20. The first-order valence-electron chi connectivity index (χ1n) is 6.20. The van der Waals surface area contributed by atoms with E-state index >= 15 is 0 Å². The highest BCUT2D eigenvalue weighted by atomic mass is 15.3. The molecule has 4 heteroatoms. The highest BCUT2D eigenvalue weighted by Crippen LogP contribution is 2.30. The topological polar surface area (TPSA) is 47.1 Å². The van der Waals surface area contributed by atoms with E-state index in [-0.39, 0.29) is 0 Å². The largest absolute Gasteiger partial charge is 0.329 e. The van der Waals surface area contributed by atoms with E-state index < -0.39 is 0 Å². The molecule has 1 aliphatic carbocycles. The number of aryl methyl sites for hydroxylation is 1. The minimum atomic E-state index is 0.325. The molecule has 1 unspecified atom stereocenters. The second kappa shape index (κ2) is 4.97. The van der Waals surface area contributed by atoms with Gasteiger partial charge in [0.2, 0.25) is 0 Å². The van der Waals surface area contributed by atoms with Crippen molar-refractivity contribution in [1.29, 1.82) is 0 Å². The molecule has 0 spiro atoms. The fourth-order valence-corrected chi connectivity index (χ4v) is 2.31. The predicted molar refractivity (Wildman–Crippen MR) is 65.1 cm³/mol. The lowest BCUT2D eigenvalue weighted by atomic mass is 9.90. The van der Waals surface area contributed by atoms with Crippen LogP contribution in [0.5, 0.6) is 0 Å². The van der Waals surface area contributed by atoms with Gasteiger partial charge in [-0.1, -0.05) is 6.42 Å². The lowest BCUT2D eigenvalue weighted by Gasteiger charge is -2.39. The summed E-state index contributed by atoms with van der Waals surface area (Å²) in [5.74, 6) is 0. The van der Waals surface area contributed by atoms with Gasteiger partial charge in [-0.25, -0.2) is 0 Å². The van der Waals surface area contributed by atoms with Gasteiger partial charge >= 0.3 is 0 Å². The number of hydrogen-bond donors (Lipinski definition) is 1. The van der Waals surface area contributed by atoms with Crippen molar-refractivity contribution in [2.45, 2.75) is 44.8 Å². The van der Waals surface area contributed by atoms with Gasteiger partial charge in [-0.15, -0.1) is 0 Å². The van der Waals surface area contributed by atoms with Gasteiger partial charge in [0.25, 0.3) is 0 Å².